The van der Waals surface area contributed by atoms with E-state index >= 15 is 0 Å². The second kappa shape index (κ2) is 5.69. The van der Waals surface area contributed by atoms with Crippen LogP contribution in [0.3, 0.4) is 0 Å². The summed E-state index contributed by atoms with van der Waals surface area (Å²) in [5.41, 5.74) is 1.41. The van der Waals surface area contributed by atoms with Crippen molar-refractivity contribution in [3.63, 3.8) is 0 Å². The van der Waals surface area contributed by atoms with Gasteiger partial charge in [-0.2, -0.15) is 0 Å². The fourth-order valence-corrected chi connectivity index (χ4v) is 2.29. The molecule has 1 heterocycles. The van der Waals surface area contributed by atoms with E-state index < -0.39 is 0 Å². The summed E-state index contributed by atoms with van der Waals surface area (Å²) in [5.74, 6) is 0.503. The third-order valence-electron chi connectivity index (χ3n) is 3.24. The van der Waals surface area contributed by atoms with Gasteiger partial charge in [0.2, 0.25) is 5.91 Å². The summed E-state index contributed by atoms with van der Waals surface area (Å²) in [6.45, 7) is 1.76. The Labute approximate surface area is 132 Å². The molecule has 0 unspecified atom stereocenters. The van der Waals surface area contributed by atoms with Crippen LogP contribution in [0.1, 0.15) is 23.7 Å². The molecule has 0 spiro atoms. The van der Waals surface area contributed by atoms with Crippen molar-refractivity contribution in [3.05, 3.63) is 47.0 Å². The molecule has 2 amide bonds. The Kier molecular flexibility index (Phi) is 3.73. The maximum absolute atomic E-state index is 12.3. The van der Waals surface area contributed by atoms with E-state index in [9.17, 15) is 9.59 Å². The van der Waals surface area contributed by atoms with Crippen LogP contribution in [0.2, 0.25) is 5.02 Å². The van der Waals surface area contributed by atoms with E-state index in [1.807, 2.05) is 0 Å². The number of hydrogen-bond donors (Lipinski definition) is 2. The molecule has 112 valence electrons. The number of carbonyl (C=O) groups is 2. The molecule has 0 aliphatic carbocycles. The molecule has 0 aromatic heterocycles. The van der Waals surface area contributed by atoms with Crippen LogP contribution in [0.5, 0.6) is 11.5 Å². The van der Waals surface area contributed by atoms with E-state index in [4.69, 9.17) is 16.3 Å². The van der Waals surface area contributed by atoms with Gasteiger partial charge < -0.3 is 15.4 Å². The van der Waals surface area contributed by atoms with Crippen LogP contribution in [-0.2, 0) is 4.79 Å². The zero-order valence-electron chi connectivity index (χ0n) is 11.8. The molecule has 5 nitrogen and oxygen atoms in total. The normalized spacial score (nSPS) is 12.4. The number of benzene rings is 2. The molecule has 2 aromatic rings. The molecule has 22 heavy (non-hydrogen) atoms. The largest absolute Gasteiger partial charge is 0.454 e. The van der Waals surface area contributed by atoms with Crippen LogP contribution < -0.4 is 15.4 Å². The summed E-state index contributed by atoms with van der Waals surface area (Å²) < 4.78 is 5.76. The number of fused-ring (bicyclic) bond motifs is 2. The van der Waals surface area contributed by atoms with Gasteiger partial charge in [-0.3, -0.25) is 9.59 Å². The van der Waals surface area contributed by atoms with Crippen LogP contribution >= 0.6 is 11.6 Å². The van der Waals surface area contributed by atoms with E-state index in [1.165, 1.54) is 0 Å². The summed E-state index contributed by atoms with van der Waals surface area (Å²) in [6.07, 6.45) is 0.365. The van der Waals surface area contributed by atoms with Crippen LogP contribution in [0, 0.1) is 0 Å². The number of carbonyl (C=O) groups excluding carboxylic acids is 2. The van der Waals surface area contributed by atoms with Gasteiger partial charge in [0.1, 0.15) is 5.75 Å². The van der Waals surface area contributed by atoms with E-state index in [-0.39, 0.29) is 11.8 Å². The predicted octanol–water partition coefficient (Wildman–Crippen LogP) is 4.05. The molecule has 2 N–H and O–H groups in total. The van der Waals surface area contributed by atoms with E-state index in [2.05, 4.69) is 10.6 Å². The molecule has 0 atom stereocenters. The Bertz CT molecular complexity index is 774. The van der Waals surface area contributed by atoms with Crippen molar-refractivity contribution in [1.29, 1.82) is 0 Å². The van der Waals surface area contributed by atoms with Crippen molar-refractivity contribution in [3.8, 4) is 11.5 Å². The number of hydrogen-bond acceptors (Lipinski definition) is 3. The highest BCUT2D eigenvalue weighted by atomic mass is 35.5. The minimum absolute atomic E-state index is 0.120. The van der Waals surface area contributed by atoms with E-state index in [0.29, 0.717) is 39.9 Å². The van der Waals surface area contributed by atoms with E-state index in [1.54, 1.807) is 43.3 Å². The number of anilines is 2. The number of amides is 2. The topological polar surface area (TPSA) is 67.4 Å². The molecule has 6 heteroatoms. The first kappa shape index (κ1) is 14.4. The molecule has 3 rings (SSSR count). The van der Waals surface area contributed by atoms with Crippen molar-refractivity contribution in [2.45, 2.75) is 13.3 Å². The number of nitrogens with one attached hydrogen (secondary N) is 2. The Morgan fingerprint density at radius 2 is 2.00 bits per heavy atom. The Hall–Kier alpha value is -2.53. The van der Waals surface area contributed by atoms with Crippen molar-refractivity contribution in [2.24, 2.45) is 0 Å². The number of ether oxygens (including phenoxy) is 1. The van der Waals surface area contributed by atoms with Crippen LogP contribution in [0.25, 0.3) is 0 Å². The van der Waals surface area contributed by atoms with Crippen LogP contribution in [0.15, 0.2) is 36.4 Å². The summed E-state index contributed by atoms with van der Waals surface area (Å²) in [7, 11) is 0. The Morgan fingerprint density at radius 3 is 2.77 bits per heavy atom. The Morgan fingerprint density at radius 1 is 1.23 bits per heavy atom. The first-order chi connectivity index (χ1) is 10.6. The Balaban J connectivity index is 1.98. The smallest absolute Gasteiger partial charge is 0.259 e. The number of halogens is 1. The first-order valence-corrected chi connectivity index (χ1v) is 7.17. The summed E-state index contributed by atoms with van der Waals surface area (Å²) in [6, 6.07) is 9.95. The molecule has 2 aromatic carbocycles. The van der Waals surface area contributed by atoms with Gasteiger partial charge in [-0.25, -0.2) is 0 Å². The molecule has 0 bridgehead atoms. The van der Waals surface area contributed by atoms with Crippen molar-refractivity contribution in [1.82, 2.24) is 0 Å². The molecular formula is C16H13ClN2O3. The predicted molar refractivity (Wildman–Crippen MR) is 84.8 cm³/mol. The highest BCUT2D eigenvalue weighted by Crippen LogP contribution is 2.37. The fraction of sp³-hybridized carbons (Fsp3) is 0.125. The lowest BCUT2D eigenvalue weighted by Crippen LogP contribution is -2.13. The van der Waals surface area contributed by atoms with Gasteiger partial charge in [-0.05, 0) is 36.4 Å². The van der Waals surface area contributed by atoms with Crippen LogP contribution in [0.4, 0.5) is 11.4 Å². The van der Waals surface area contributed by atoms with Gasteiger partial charge in [-0.1, -0.05) is 18.5 Å². The first-order valence-electron chi connectivity index (χ1n) is 6.79. The zero-order chi connectivity index (χ0) is 15.7. The lowest BCUT2D eigenvalue weighted by atomic mass is 10.1. The van der Waals surface area contributed by atoms with E-state index in [0.717, 1.165) is 0 Å². The highest BCUT2D eigenvalue weighted by molar-refractivity contribution is 6.31. The van der Waals surface area contributed by atoms with Gasteiger partial charge in [0.15, 0.2) is 5.75 Å². The second-order valence-electron chi connectivity index (χ2n) is 4.81. The number of rotatable bonds is 2. The fourth-order valence-electron chi connectivity index (χ4n) is 2.12. The minimum Gasteiger partial charge on any atom is -0.454 e. The monoisotopic (exact) mass is 316 g/mol. The van der Waals surface area contributed by atoms with Gasteiger partial charge >= 0.3 is 0 Å². The average molecular weight is 317 g/mol. The van der Waals surface area contributed by atoms with Crippen molar-refractivity contribution < 1.29 is 14.3 Å². The van der Waals surface area contributed by atoms with Crippen molar-refractivity contribution >= 4 is 34.8 Å². The molecule has 0 saturated carbocycles. The second-order valence-corrected chi connectivity index (χ2v) is 5.25. The molecule has 0 radical (unpaired) electrons. The van der Waals surface area contributed by atoms with Gasteiger partial charge in [0, 0.05) is 17.1 Å². The summed E-state index contributed by atoms with van der Waals surface area (Å²) >= 11 is 5.93. The third-order valence-corrected chi connectivity index (χ3v) is 3.47. The lowest BCUT2D eigenvalue weighted by Gasteiger charge is -2.09. The molecule has 0 fully saturated rings. The van der Waals surface area contributed by atoms with Gasteiger partial charge in [0.25, 0.3) is 5.91 Å². The van der Waals surface area contributed by atoms with Crippen molar-refractivity contribution in [2.75, 3.05) is 10.6 Å². The zero-order valence-corrected chi connectivity index (χ0v) is 12.5. The quantitative estimate of drug-likeness (QED) is 0.878. The van der Waals surface area contributed by atoms with Gasteiger partial charge in [-0.15, -0.1) is 0 Å². The average Bonchev–Trinajstić information content (AvgIpc) is 2.63. The highest BCUT2D eigenvalue weighted by Gasteiger charge is 2.21. The summed E-state index contributed by atoms with van der Waals surface area (Å²) in [4.78, 5) is 23.8. The van der Waals surface area contributed by atoms with Gasteiger partial charge in [0.05, 0.1) is 11.3 Å². The third kappa shape index (κ3) is 2.76. The molecule has 1 aliphatic rings. The molecule has 0 saturated heterocycles. The maximum Gasteiger partial charge on any atom is 0.259 e. The molecule has 1 aliphatic heterocycles. The van der Waals surface area contributed by atoms with Crippen LogP contribution in [-0.4, -0.2) is 11.8 Å². The molecular weight excluding hydrogens is 304 g/mol. The standard InChI is InChI=1S/C16H13ClN2O3/c1-2-15(20)18-10-4-6-13-11(8-10)16(21)19-12-7-9(17)3-5-14(12)22-13/h3-8H,2H2,1H3,(H,18,20)(H,19,21). The SMILES string of the molecule is CCC(=O)Nc1ccc2c(c1)C(=O)Nc1cc(Cl)ccc1O2. The minimum atomic E-state index is -0.316. The lowest BCUT2D eigenvalue weighted by molar-refractivity contribution is -0.115. The maximum atomic E-state index is 12.3. The summed E-state index contributed by atoms with van der Waals surface area (Å²) in [5, 5.41) is 5.97.